The predicted molar refractivity (Wildman–Crippen MR) is 80.1 cm³/mol. The molecular formula is C16H18N2O3. The summed E-state index contributed by atoms with van der Waals surface area (Å²) in [7, 11) is 1.67. The molecule has 0 fully saturated rings. The van der Waals surface area contributed by atoms with Crippen LogP contribution in [0.1, 0.15) is 23.3 Å². The number of aliphatic carboxylic acids is 1. The molecule has 0 atom stereocenters. The number of aromatic nitrogens is 1. The molecule has 2 rings (SSSR count). The maximum absolute atomic E-state index is 12.2. The normalized spacial score (nSPS) is 10.3. The number of carbonyl (C=O) groups excluding carboxylic acids is 1. The van der Waals surface area contributed by atoms with E-state index in [1.807, 2.05) is 36.4 Å². The lowest BCUT2D eigenvalue weighted by atomic mass is 10.2. The Morgan fingerprint density at radius 3 is 2.52 bits per heavy atom. The Morgan fingerprint density at radius 2 is 1.86 bits per heavy atom. The average molecular weight is 286 g/mol. The Balaban J connectivity index is 2.00. The first-order valence-corrected chi connectivity index (χ1v) is 6.79. The number of carbonyl (C=O) groups is 2. The number of amides is 1. The third-order valence-electron chi connectivity index (χ3n) is 3.23. The smallest absolute Gasteiger partial charge is 0.303 e. The van der Waals surface area contributed by atoms with Crippen LogP contribution in [-0.4, -0.2) is 40.5 Å². The van der Waals surface area contributed by atoms with Gasteiger partial charge in [0, 0.05) is 25.7 Å². The first-order valence-electron chi connectivity index (χ1n) is 6.79. The monoisotopic (exact) mass is 286 g/mol. The van der Waals surface area contributed by atoms with Crippen LogP contribution in [-0.2, 0) is 4.79 Å². The second-order valence-electron chi connectivity index (χ2n) is 4.88. The molecule has 2 N–H and O–H groups in total. The number of carboxylic acid groups (broad SMARTS) is 1. The van der Waals surface area contributed by atoms with E-state index in [2.05, 4.69) is 4.98 Å². The molecule has 0 aliphatic rings. The van der Waals surface area contributed by atoms with Crippen molar-refractivity contribution in [1.29, 1.82) is 0 Å². The third kappa shape index (κ3) is 3.95. The number of aromatic amines is 1. The molecule has 0 saturated carbocycles. The molecule has 2 aromatic rings. The lowest BCUT2D eigenvalue weighted by molar-refractivity contribution is -0.137. The van der Waals surface area contributed by atoms with Crippen molar-refractivity contribution in [3.05, 3.63) is 48.2 Å². The molecule has 0 spiro atoms. The number of benzene rings is 1. The zero-order valence-electron chi connectivity index (χ0n) is 11.9. The number of carboxylic acids is 1. The van der Waals surface area contributed by atoms with Crippen LogP contribution in [0.4, 0.5) is 0 Å². The fourth-order valence-electron chi connectivity index (χ4n) is 2.08. The van der Waals surface area contributed by atoms with E-state index in [0.29, 0.717) is 18.7 Å². The van der Waals surface area contributed by atoms with Crippen molar-refractivity contribution in [1.82, 2.24) is 9.88 Å². The van der Waals surface area contributed by atoms with Gasteiger partial charge in [0.15, 0.2) is 0 Å². The van der Waals surface area contributed by atoms with Crippen molar-refractivity contribution in [3.63, 3.8) is 0 Å². The maximum Gasteiger partial charge on any atom is 0.303 e. The summed E-state index contributed by atoms with van der Waals surface area (Å²) < 4.78 is 0. The highest BCUT2D eigenvalue weighted by atomic mass is 16.4. The van der Waals surface area contributed by atoms with Gasteiger partial charge >= 0.3 is 5.97 Å². The Morgan fingerprint density at radius 1 is 1.14 bits per heavy atom. The maximum atomic E-state index is 12.2. The van der Waals surface area contributed by atoms with E-state index in [-0.39, 0.29) is 12.3 Å². The number of hydrogen-bond acceptors (Lipinski definition) is 2. The van der Waals surface area contributed by atoms with Gasteiger partial charge in [-0.25, -0.2) is 0 Å². The molecule has 5 heteroatoms. The molecule has 5 nitrogen and oxygen atoms in total. The average Bonchev–Trinajstić information content (AvgIpc) is 2.96. The lowest BCUT2D eigenvalue weighted by Gasteiger charge is -2.15. The van der Waals surface area contributed by atoms with Crippen LogP contribution in [0.3, 0.4) is 0 Å². The van der Waals surface area contributed by atoms with Gasteiger partial charge in [0.25, 0.3) is 5.91 Å². The Hall–Kier alpha value is -2.56. The summed E-state index contributed by atoms with van der Waals surface area (Å²) in [5.41, 5.74) is 2.41. The van der Waals surface area contributed by atoms with E-state index in [1.54, 1.807) is 13.1 Å². The summed E-state index contributed by atoms with van der Waals surface area (Å²) in [5.74, 6) is -0.982. The predicted octanol–water partition coefficient (Wildman–Crippen LogP) is 2.62. The molecule has 0 bridgehead atoms. The number of nitrogens with one attached hydrogen (secondary N) is 1. The number of hydrogen-bond donors (Lipinski definition) is 2. The first kappa shape index (κ1) is 14.8. The van der Waals surface area contributed by atoms with E-state index >= 15 is 0 Å². The molecule has 1 amide bonds. The summed E-state index contributed by atoms with van der Waals surface area (Å²) >= 11 is 0. The van der Waals surface area contributed by atoms with E-state index in [4.69, 9.17) is 5.11 Å². The minimum atomic E-state index is -0.845. The lowest BCUT2D eigenvalue weighted by Crippen LogP contribution is -2.28. The van der Waals surface area contributed by atoms with Gasteiger partial charge in [-0.05, 0) is 24.1 Å². The van der Waals surface area contributed by atoms with E-state index in [0.717, 1.165) is 11.3 Å². The summed E-state index contributed by atoms with van der Waals surface area (Å²) in [5, 5.41) is 8.60. The van der Waals surface area contributed by atoms with Gasteiger partial charge in [-0.2, -0.15) is 0 Å². The van der Waals surface area contributed by atoms with Gasteiger partial charge in [-0.15, -0.1) is 0 Å². The minimum absolute atomic E-state index is 0.0671. The molecule has 0 radical (unpaired) electrons. The minimum Gasteiger partial charge on any atom is -0.481 e. The highest BCUT2D eigenvalue weighted by molar-refractivity contribution is 5.93. The SMILES string of the molecule is CN(CCCC(=O)O)C(=O)c1ccc(-c2ccccc2)[nH]1. The van der Waals surface area contributed by atoms with Crippen molar-refractivity contribution in [2.24, 2.45) is 0 Å². The number of H-pyrrole nitrogens is 1. The summed E-state index contributed by atoms with van der Waals surface area (Å²) in [6, 6.07) is 13.4. The van der Waals surface area contributed by atoms with Gasteiger partial charge in [0.2, 0.25) is 0 Å². The van der Waals surface area contributed by atoms with Crippen molar-refractivity contribution in [3.8, 4) is 11.3 Å². The van der Waals surface area contributed by atoms with E-state index in [1.165, 1.54) is 4.90 Å². The Kier molecular flexibility index (Phi) is 4.77. The van der Waals surface area contributed by atoms with Gasteiger partial charge < -0.3 is 15.0 Å². The summed E-state index contributed by atoms with van der Waals surface area (Å²) in [4.78, 5) is 27.3. The third-order valence-corrected chi connectivity index (χ3v) is 3.23. The fourth-order valence-corrected chi connectivity index (χ4v) is 2.08. The van der Waals surface area contributed by atoms with Gasteiger partial charge in [-0.3, -0.25) is 9.59 Å². The van der Waals surface area contributed by atoms with Crippen LogP contribution in [0.25, 0.3) is 11.3 Å². The number of nitrogens with zero attached hydrogens (tertiary/aromatic N) is 1. The zero-order chi connectivity index (χ0) is 15.2. The molecule has 0 aliphatic carbocycles. The van der Waals surface area contributed by atoms with Crippen molar-refractivity contribution >= 4 is 11.9 Å². The molecule has 0 unspecified atom stereocenters. The molecule has 21 heavy (non-hydrogen) atoms. The van der Waals surface area contributed by atoms with Gasteiger partial charge in [0.1, 0.15) is 5.69 Å². The number of rotatable bonds is 6. The molecule has 1 heterocycles. The van der Waals surface area contributed by atoms with E-state index < -0.39 is 5.97 Å². The molecule has 1 aromatic carbocycles. The second kappa shape index (κ2) is 6.74. The molecule has 0 saturated heterocycles. The van der Waals surface area contributed by atoms with Crippen LogP contribution in [0, 0.1) is 0 Å². The molecule has 1 aromatic heterocycles. The zero-order valence-corrected chi connectivity index (χ0v) is 11.9. The Labute approximate surface area is 123 Å². The van der Waals surface area contributed by atoms with Crippen molar-refractivity contribution < 1.29 is 14.7 Å². The highest BCUT2D eigenvalue weighted by Crippen LogP contribution is 2.18. The second-order valence-corrected chi connectivity index (χ2v) is 4.88. The van der Waals surface area contributed by atoms with E-state index in [9.17, 15) is 9.59 Å². The largest absolute Gasteiger partial charge is 0.481 e. The summed E-state index contributed by atoms with van der Waals surface area (Å²) in [6.45, 7) is 0.421. The quantitative estimate of drug-likeness (QED) is 0.857. The first-order chi connectivity index (χ1) is 10.1. The summed E-state index contributed by atoms with van der Waals surface area (Å²) in [6.07, 6.45) is 0.515. The molecular weight excluding hydrogens is 268 g/mol. The van der Waals surface area contributed by atoms with Crippen molar-refractivity contribution in [2.45, 2.75) is 12.8 Å². The van der Waals surface area contributed by atoms with Crippen molar-refractivity contribution in [2.75, 3.05) is 13.6 Å². The van der Waals surface area contributed by atoms with Gasteiger partial charge in [-0.1, -0.05) is 30.3 Å². The topological polar surface area (TPSA) is 73.4 Å². The van der Waals surface area contributed by atoms with Crippen LogP contribution in [0.5, 0.6) is 0 Å². The molecule has 110 valence electrons. The Bertz CT molecular complexity index is 619. The standard InChI is InChI=1S/C16H18N2O3/c1-18(11-5-8-15(19)20)16(21)14-10-9-13(17-14)12-6-3-2-4-7-12/h2-4,6-7,9-10,17H,5,8,11H2,1H3,(H,19,20). The van der Waals surface area contributed by atoms with Gasteiger partial charge in [0.05, 0.1) is 0 Å². The van der Waals surface area contributed by atoms with Crippen LogP contribution in [0.2, 0.25) is 0 Å². The molecule has 0 aliphatic heterocycles. The fraction of sp³-hybridized carbons (Fsp3) is 0.250. The van der Waals surface area contributed by atoms with Crippen LogP contribution >= 0.6 is 0 Å². The van der Waals surface area contributed by atoms with Crippen LogP contribution in [0.15, 0.2) is 42.5 Å². The highest BCUT2D eigenvalue weighted by Gasteiger charge is 2.14. The van der Waals surface area contributed by atoms with Crippen LogP contribution < -0.4 is 0 Å².